The van der Waals surface area contributed by atoms with Gasteiger partial charge in [0, 0.05) is 30.9 Å². The van der Waals surface area contributed by atoms with E-state index < -0.39 is 0 Å². The molecule has 0 bridgehead atoms. The largest absolute Gasteiger partial charge is 0.352 e. The van der Waals surface area contributed by atoms with Crippen molar-refractivity contribution in [1.29, 1.82) is 0 Å². The van der Waals surface area contributed by atoms with Crippen LogP contribution in [0.1, 0.15) is 35.7 Å². The Kier molecular flexibility index (Phi) is 6.63. The summed E-state index contributed by atoms with van der Waals surface area (Å²) in [6, 6.07) is 13.4. The van der Waals surface area contributed by atoms with Crippen molar-refractivity contribution in [2.45, 2.75) is 26.2 Å². The van der Waals surface area contributed by atoms with E-state index in [1.165, 1.54) is 12.1 Å². The van der Waals surface area contributed by atoms with Crippen molar-refractivity contribution < 1.29 is 14.0 Å². The lowest BCUT2D eigenvalue weighted by Gasteiger charge is -2.33. The van der Waals surface area contributed by atoms with Gasteiger partial charge < -0.3 is 15.5 Å². The lowest BCUT2D eigenvalue weighted by Crippen LogP contribution is -2.42. The first-order valence-electron chi connectivity index (χ1n) is 9.73. The molecule has 6 heteroatoms. The third kappa shape index (κ3) is 5.31. The number of benzene rings is 2. The van der Waals surface area contributed by atoms with Crippen LogP contribution in [-0.2, 0) is 6.42 Å². The van der Waals surface area contributed by atoms with Gasteiger partial charge in [0.05, 0.1) is 0 Å². The van der Waals surface area contributed by atoms with Gasteiger partial charge in [0.15, 0.2) is 0 Å². The Hall–Kier alpha value is -2.89. The van der Waals surface area contributed by atoms with E-state index in [0.717, 1.165) is 24.8 Å². The number of hydrogen-bond acceptors (Lipinski definition) is 2. The standard InChI is InChI=1S/C22H26FN3O2/c1-2-24-21(27)18-6-3-7-20(14-18)25-22(28)26-12-4-5-17(15-26)13-16-8-10-19(23)11-9-16/h3,6-11,14,17H,2,4-5,12-13,15H2,1H3,(H,24,27)(H,25,28)/t17-/m1/s1. The van der Waals surface area contributed by atoms with Crippen molar-refractivity contribution in [3.63, 3.8) is 0 Å². The molecule has 0 unspecified atom stereocenters. The second-order valence-corrected chi connectivity index (χ2v) is 7.16. The van der Waals surface area contributed by atoms with Gasteiger partial charge in [0.25, 0.3) is 5.91 Å². The van der Waals surface area contributed by atoms with Crippen LogP contribution in [0.5, 0.6) is 0 Å². The molecule has 0 radical (unpaired) electrons. The van der Waals surface area contributed by atoms with Gasteiger partial charge in [-0.15, -0.1) is 0 Å². The van der Waals surface area contributed by atoms with E-state index in [1.54, 1.807) is 36.4 Å². The van der Waals surface area contributed by atoms with Gasteiger partial charge >= 0.3 is 6.03 Å². The SMILES string of the molecule is CCNC(=O)c1cccc(NC(=O)N2CCC[C@H](Cc3ccc(F)cc3)C2)c1. The Morgan fingerprint density at radius 1 is 1.18 bits per heavy atom. The van der Waals surface area contributed by atoms with Crippen LogP contribution in [-0.4, -0.2) is 36.5 Å². The van der Waals surface area contributed by atoms with Crippen molar-refractivity contribution in [2.75, 3.05) is 25.0 Å². The minimum Gasteiger partial charge on any atom is -0.352 e. The second kappa shape index (κ2) is 9.35. The Balaban J connectivity index is 1.59. The fourth-order valence-corrected chi connectivity index (χ4v) is 3.57. The molecule has 5 nitrogen and oxygen atoms in total. The van der Waals surface area contributed by atoms with Crippen LogP contribution >= 0.6 is 0 Å². The molecule has 1 saturated heterocycles. The quantitative estimate of drug-likeness (QED) is 0.818. The highest BCUT2D eigenvalue weighted by Crippen LogP contribution is 2.22. The first-order chi connectivity index (χ1) is 13.5. The summed E-state index contributed by atoms with van der Waals surface area (Å²) in [5, 5.41) is 5.65. The molecule has 0 aliphatic carbocycles. The van der Waals surface area contributed by atoms with Gasteiger partial charge in [0.1, 0.15) is 5.82 Å². The summed E-state index contributed by atoms with van der Waals surface area (Å²) in [6.07, 6.45) is 2.82. The number of nitrogens with zero attached hydrogens (tertiary/aromatic N) is 1. The Morgan fingerprint density at radius 2 is 1.96 bits per heavy atom. The van der Waals surface area contributed by atoms with Gasteiger partial charge in [-0.1, -0.05) is 18.2 Å². The number of rotatable bonds is 5. The minimum absolute atomic E-state index is 0.156. The third-order valence-electron chi connectivity index (χ3n) is 4.96. The Morgan fingerprint density at radius 3 is 2.71 bits per heavy atom. The lowest BCUT2D eigenvalue weighted by atomic mass is 9.91. The second-order valence-electron chi connectivity index (χ2n) is 7.16. The van der Waals surface area contributed by atoms with Gasteiger partial charge in [-0.05, 0) is 68.0 Å². The molecule has 2 aromatic rings. The zero-order valence-electron chi connectivity index (χ0n) is 16.1. The molecule has 3 rings (SSSR count). The predicted molar refractivity (Wildman–Crippen MR) is 108 cm³/mol. The summed E-state index contributed by atoms with van der Waals surface area (Å²) in [7, 11) is 0. The minimum atomic E-state index is -0.233. The summed E-state index contributed by atoms with van der Waals surface area (Å²) in [4.78, 5) is 26.5. The molecule has 1 aliphatic rings. The molecule has 2 N–H and O–H groups in total. The summed E-state index contributed by atoms with van der Waals surface area (Å²) >= 11 is 0. The summed E-state index contributed by atoms with van der Waals surface area (Å²) in [5.74, 6) is -0.0363. The topological polar surface area (TPSA) is 61.4 Å². The number of urea groups is 1. The average Bonchev–Trinajstić information content (AvgIpc) is 2.70. The summed E-state index contributed by atoms with van der Waals surface area (Å²) < 4.78 is 13.1. The molecular formula is C22H26FN3O2. The summed E-state index contributed by atoms with van der Waals surface area (Å²) in [6.45, 7) is 3.79. The maximum absolute atomic E-state index is 13.1. The third-order valence-corrected chi connectivity index (χ3v) is 4.96. The van der Waals surface area contributed by atoms with Crippen LogP contribution in [0, 0.1) is 11.7 Å². The van der Waals surface area contributed by atoms with Crippen LogP contribution in [0.25, 0.3) is 0 Å². The molecule has 148 valence electrons. The zero-order chi connectivity index (χ0) is 19.9. The van der Waals surface area contributed by atoms with Crippen molar-refractivity contribution in [3.8, 4) is 0 Å². The Labute approximate surface area is 164 Å². The van der Waals surface area contributed by atoms with Crippen molar-refractivity contribution in [1.82, 2.24) is 10.2 Å². The molecule has 0 saturated carbocycles. The fourth-order valence-electron chi connectivity index (χ4n) is 3.57. The highest BCUT2D eigenvalue weighted by atomic mass is 19.1. The number of likely N-dealkylation sites (tertiary alicyclic amines) is 1. The molecule has 1 heterocycles. The van der Waals surface area contributed by atoms with E-state index in [0.29, 0.717) is 36.8 Å². The normalized spacial score (nSPS) is 16.5. The van der Waals surface area contributed by atoms with Gasteiger partial charge in [-0.25, -0.2) is 9.18 Å². The molecule has 0 aromatic heterocycles. The van der Waals surface area contributed by atoms with Crippen LogP contribution in [0.2, 0.25) is 0 Å². The Bertz CT molecular complexity index is 823. The van der Waals surface area contributed by atoms with Crippen molar-refractivity contribution in [3.05, 3.63) is 65.5 Å². The first-order valence-corrected chi connectivity index (χ1v) is 9.73. The molecule has 3 amide bonds. The van der Waals surface area contributed by atoms with Crippen molar-refractivity contribution >= 4 is 17.6 Å². The van der Waals surface area contributed by atoms with E-state index in [-0.39, 0.29) is 17.8 Å². The van der Waals surface area contributed by atoms with E-state index in [4.69, 9.17) is 0 Å². The molecule has 28 heavy (non-hydrogen) atoms. The van der Waals surface area contributed by atoms with E-state index in [9.17, 15) is 14.0 Å². The fraction of sp³-hybridized carbons (Fsp3) is 0.364. The highest BCUT2D eigenvalue weighted by molar-refractivity contribution is 5.96. The van der Waals surface area contributed by atoms with Gasteiger partial charge in [-0.2, -0.15) is 0 Å². The van der Waals surface area contributed by atoms with Crippen LogP contribution in [0.15, 0.2) is 48.5 Å². The maximum atomic E-state index is 13.1. The molecule has 0 spiro atoms. The zero-order valence-corrected chi connectivity index (χ0v) is 16.1. The molecule has 2 aromatic carbocycles. The van der Waals surface area contributed by atoms with Crippen LogP contribution in [0.3, 0.4) is 0 Å². The van der Waals surface area contributed by atoms with Crippen LogP contribution < -0.4 is 10.6 Å². The number of carbonyl (C=O) groups excluding carboxylic acids is 2. The number of piperidine rings is 1. The summed E-state index contributed by atoms with van der Waals surface area (Å²) in [5.41, 5.74) is 2.21. The maximum Gasteiger partial charge on any atom is 0.321 e. The van der Waals surface area contributed by atoms with E-state index in [2.05, 4.69) is 10.6 Å². The number of hydrogen-bond donors (Lipinski definition) is 2. The van der Waals surface area contributed by atoms with Crippen molar-refractivity contribution in [2.24, 2.45) is 5.92 Å². The molecule has 1 atom stereocenters. The smallest absolute Gasteiger partial charge is 0.321 e. The number of anilines is 1. The highest BCUT2D eigenvalue weighted by Gasteiger charge is 2.24. The average molecular weight is 383 g/mol. The first kappa shape index (κ1) is 19.9. The lowest BCUT2D eigenvalue weighted by molar-refractivity contribution is 0.0955. The van der Waals surface area contributed by atoms with Gasteiger partial charge in [0.2, 0.25) is 0 Å². The number of nitrogens with one attached hydrogen (secondary N) is 2. The molecule has 1 aliphatic heterocycles. The van der Waals surface area contributed by atoms with E-state index in [1.807, 2.05) is 11.8 Å². The van der Waals surface area contributed by atoms with Crippen LogP contribution in [0.4, 0.5) is 14.9 Å². The molecular weight excluding hydrogens is 357 g/mol. The van der Waals surface area contributed by atoms with Gasteiger partial charge in [-0.3, -0.25) is 4.79 Å². The molecule has 1 fully saturated rings. The monoisotopic (exact) mass is 383 g/mol. The number of halogens is 1. The predicted octanol–water partition coefficient (Wildman–Crippen LogP) is 4.06. The number of amides is 3. The number of carbonyl (C=O) groups is 2. The van der Waals surface area contributed by atoms with E-state index >= 15 is 0 Å².